The second kappa shape index (κ2) is 12.9. The van der Waals surface area contributed by atoms with Crippen LogP contribution in [0.15, 0.2) is 23.2 Å². The van der Waals surface area contributed by atoms with Crippen molar-refractivity contribution in [3.8, 4) is 0 Å². The van der Waals surface area contributed by atoms with Crippen molar-refractivity contribution in [3.05, 3.63) is 34.6 Å². The van der Waals surface area contributed by atoms with E-state index in [1.54, 1.807) is 12.1 Å². The van der Waals surface area contributed by atoms with Crippen molar-refractivity contribution >= 4 is 52.3 Å². The molecule has 0 bridgehead atoms. The molecule has 1 aromatic rings. The third-order valence-electron chi connectivity index (χ3n) is 4.66. The molecule has 0 aliphatic heterocycles. The summed E-state index contributed by atoms with van der Waals surface area (Å²) in [7, 11) is -0.745. The van der Waals surface area contributed by atoms with Crippen LogP contribution < -0.4 is 10.6 Å². The molecule has 4 nitrogen and oxygen atoms in total. The first kappa shape index (κ1) is 24.6. The number of guanidine groups is 1. The second-order valence-electron chi connectivity index (χ2n) is 6.51. The van der Waals surface area contributed by atoms with Crippen molar-refractivity contribution in [2.75, 3.05) is 18.8 Å². The van der Waals surface area contributed by atoms with Gasteiger partial charge in [0.2, 0.25) is 0 Å². The van der Waals surface area contributed by atoms with E-state index in [4.69, 9.17) is 11.6 Å². The molecule has 0 saturated heterocycles. The topological polar surface area (TPSA) is 53.5 Å². The first-order chi connectivity index (χ1) is 12.5. The van der Waals surface area contributed by atoms with Crippen LogP contribution in [-0.2, 0) is 17.2 Å². The highest BCUT2D eigenvalue weighted by molar-refractivity contribution is 14.0. The fraction of sp³-hybridized carbons (Fsp3) is 0.632. The van der Waals surface area contributed by atoms with Gasteiger partial charge in [0.05, 0.1) is 0 Å². The smallest absolute Gasteiger partial charge is 0.191 e. The van der Waals surface area contributed by atoms with Crippen LogP contribution in [0.25, 0.3) is 0 Å². The van der Waals surface area contributed by atoms with E-state index >= 15 is 0 Å². The molecule has 0 radical (unpaired) electrons. The number of nitrogens with one attached hydrogen (secondary N) is 2. The van der Waals surface area contributed by atoms with E-state index in [0.717, 1.165) is 43.9 Å². The maximum Gasteiger partial charge on any atom is 0.191 e. The van der Waals surface area contributed by atoms with Gasteiger partial charge in [0.1, 0.15) is 5.82 Å². The van der Waals surface area contributed by atoms with Crippen molar-refractivity contribution in [1.29, 1.82) is 0 Å². The quantitative estimate of drug-likeness (QED) is 0.315. The first-order valence-electron chi connectivity index (χ1n) is 9.40. The molecule has 0 spiro atoms. The van der Waals surface area contributed by atoms with Gasteiger partial charge in [-0.05, 0) is 44.7 Å². The lowest BCUT2D eigenvalue weighted by Crippen LogP contribution is -2.46. The van der Waals surface area contributed by atoms with Crippen LogP contribution >= 0.6 is 35.6 Å². The molecular formula is C19H30ClFIN3OS. The SMILES string of the molecule is CCNC(=NCCc1c(F)cccc1Cl)NC1CCCC(S(=O)CC)C1.I. The zero-order valence-corrected chi connectivity index (χ0v) is 19.9. The average Bonchev–Trinajstić information content (AvgIpc) is 2.64. The molecule has 0 aromatic heterocycles. The van der Waals surface area contributed by atoms with Crippen LogP contribution in [0.2, 0.25) is 5.02 Å². The number of rotatable bonds is 7. The minimum atomic E-state index is -0.745. The Morgan fingerprint density at radius 3 is 2.81 bits per heavy atom. The minimum Gasteiger partial charge on any atom is -0.357 e. The van der Waals surface area contributed by atoms with E-state index in [-0.39, 0.29) is 41.1 Å². The van der Waals surface area contributed by atoms with E-state index in [0.29, 0.717) is 23.6 Å². The van der Waals surface area contributed by atoms with Gasteiger partial charge in [-0.25, -0.2) is 4.39 Å². The average molecular weight is 530 g/mol. The Morgan fingerprint density at radius 2 is 2.15 bits per heavy atom. The molecule has 154 valence electrons. The maximum absolute atomic E-state index is 13.9. The minimum absolute atomic E-state index is 0. The third-order valence-corrected chi connectivity index (χ3v) is 6.76. The first-order valence-corrected chi connectivity index (χ1v) is 11.2. The summed E-state index contributed by atoms with van der Waals surface area (Å²) in [6.07, 6.45) is 4.54. The van der Waals surface area contributed by atoms with Crippen LogP contribution in [0.3, 0.4) is 0 Å². The predicted molar refractivity (Wildman–Crippen MR) is 124 cm³/mol. The van der Waals surface area contributed by atoms with E-state index in [2.05, 4.69) is 15.6 Å². The molecule has 3 unspecified atom stereocenters. The molecule has 3 atom stereocenters. The molecule has 1 aliphatic rings. The van der Waals surface area contributed by atoms with Crippen molar-refractivity contribution in [2.24, 2.45) is 4.99 Å². The fourth-order valence-electron chi connectivity index (χ4n) is 3.31. The molecule has 2 N–H and O–H groups in total. The summed E-state index contributed by atoms with van der Waals surface area (Å²) in [5.41, 5.74) is 0.504. The number of hydrogen-bond acceptors (Lipinski definition) is 2. The van der Waals surface area contributed by atoms with Crippen molar-refractivity contribution in [2.45, 2.75) is 57.2 Å². The van der Waals surface area contributed by atoms with E-state index in [1.807, 2.05) is 13.8 Å². The van der Waals surface area contributed by atoms with Gasteiger partial charge < -0.3 is 10.6 Å². The molecular weight excluding hydrogens is 500 g/mol. The number of benzene rings is 1. The molecule has 2 rings (SSSR count). The summed E-state index contributed by atoms with van der Waals surface area (Å²) in [5, 5.41) is 7.41. The predicted octanol–water partition coefficient (Wildman–Crippen LogP) is 4.27. The molecule has 1 aromatic carbocycles. The maximum atomic E-state index is 13.9. The van der Waals surface area contributed by atoms with Crippen LogP contribution in [0.4, 0.5) is 4.39 Å². The standard InChI is InChI=1S/C19H29ClFN3OS.HI/c1-3-22-19(23-12-11-16-17(20)9-6-10-18(16)21)24-14-7-5-8-15(13-14)26(25)4-2;/h6,9-10,14-15H,3-5,7-8,11-13H2,1-2H3,(H2,22,23,24);1H. The zero-order valence-electron chi connectivity index (χ0n) is 16.0. The monoisotopic (exact) mass is 529 g/mol. The van der Waals surface area contributed by atoms with Crippen molar-refractivity contribution in [1.82, 2.24) is 10.6 Å². The highest BCUT2D eigenvalue weighted by Gasteiger charge is 2.26. The number of aliphatic imine (C=N–C) groups is 1. The molecule has 1 aliphatic carbocycles. The largest absolute Gasteiger partial charge is 0.357 e. The number of halogens is 3. The highest BCUT2D eigenvalue weighted by atomic mass is 127. The summed E-state index contributed by atoms with van der Waals surface area (Å²) < 4.78 is 26.0. The molecule has 0 amide bonds. The molecule has 1 saturated carbocycles. The van der Waals surface area contributed by atoms with Crippen molar-refractivity contribution < 1.29 is 8.60 Å². The Balaban J connectivity index is 0.00000364. The lowest BCUT2D eigenvalue weighted by Gasteiger charge is -2.30. The van der Waals surface area contributed by atoms with E-state index < -0.39 is 10.8 Å². The van der Waals surface area contributed by atoms with Crippen LogP contribution in [-0.4, -0.2) is 40.3 Å². The summed E-state index contributed by atoms with van der Waals surface area (Å²) in [6, 6.07) is 5.00. The van der Waals surface area contributed by atoms with Gasteiger partial charge in [-0.15, -0.1) is 24.0 Å². The zero-order chi connectivity index (χ0) is 18.9. The Hall–Kier alpha value is -0.410. The number of hydrogen-bond donors (Lipinski definition) is 2. The fourth-order valence-corrected chi connectivity index (χ4v) is 4.92. The molecule has 27 heavy (non-hydrogen) atoms. The van der Waals surface area contributed by atoms with Gasteiger partial charge in [-0.2, -0.15) is 0 Å². The van der Waals surface area contributed by atoms with E-state index in [1.165, 1.54) is 6.07 Å². The lowest BCUT2D eigenvalue weighted by molar-refractivity contribution is 0.413. The van der Waals surface area contributed by atoms with Gasteiger partial charge in [0, 0.05) is 51.5 Å². The van der Waals surface area contributed by atoms with Gasteiger partial charge in [0.25, 0.3) is 0 Å². The van der Waals surface area contributed by atoms with Crippen LogP contribution in [0, 0.1) is 5.82 Å². The molecule has 1 fully saturated rings. The van der Waals surface area contributed by atoms with Crippen LogP contribution in [0.5, 0.6) is 0 Å². The van der Waals surface area contributed by atoms with Gasteiger partial charge in [-0.1, -0.05) is 31.0 Å². The Kier molecular flexibility index (Phi) is 11.8. The summed E-state index contributed by atoms with van der Waals surface area (Å²) in [5.74, 6) is 1.16. The Bertz CT molecular complexity index is 627. The molecule has 0 heterocycles. The Labute approximate surface area is 186 Å². The number of nitrogens with zero attached hydrogens (tertiary/aromatic N) is 1. The normalized spacial score (nSPS) is 21.3. The van der Waals surface area contributed by atoms with E-state index in [9.17, 15) is 8.60 Å². The van der Waals surface area contributed by atoms with Crippen LogP contribution in [0.1, 0.15) is 45.1 Å². The van der Waals surface area contributed by atoms with Gasteiger partial charge in [0.15, 0.2) is 5.96 Å². The lowest BCUT2D eigenvalue weighted by atomic mass is 9.95. The summed E-state index contributed by atoms with van der Waals surface area (Å²) in [4.78, 5) is 4.57. The second-order valence-corrected chi connectivity index (χ2v) is 8.92. The summed E-state index contributed by atoms with van der Waals surface area (Å²) >= 11 is 6.07. The van der Waals surface area contributed by atoms with Gasteiger partial charge in [-0.3, -0.25) is 9.20 Å². The summed E-state index contributed by atoms with van der Waals surface area (Å²) in [6.45, 7) is 5.20. The highest BCUT2D eigenvalue weighted by Crippen LogP contribution is 2.23. The third kappa shape index (κ3) is 7.85. The molecule has 8 heteroatoms. The van der Waals surface area contributed by atoms with Crippen molar-refractivity contribution in [3.63, 3.8) is 0 Å². The Morgan fingerprint density at radius 1 is 1.37 bits per heavy atom. The van der Waals surface area contributed by atoms with Gasteiger partial charge >= 0.3 is 0 Å².